The minimum atomic E-state index is -0.621. The Hall–Kier alpha value is -3.48. The second kappa shape index (κ2) is 11.5. The number of thiocarbonyl (C=S) groups is 1. The molecule has 1 atom stereocenters. The quantitative estimate of drug-likeness (QED) is 0.565. The summed E-state index contributed by atoms with van der Waals surface area (Å²) in [6.45, 7) is 8.14. The first kappa shape index (κ1) is 27.6. The highest BCUT2D eigenvalue weighted by molar-refractivity contribution is 7.80. The van der Waals surface area contributed by atoms with Crippen molar-refractivity contribution >= 4 is 35.1 Å². The van der Waals surface area contributed by atoms with Crippen LogP contribution >= 0.6 is 12.2 Å². The van der Waals surface area contributed by atoms with Gasteiger partial charge in [-0.3, -0.25) is 9.69 Å². The van der Waals surface area contributed by atoms with E-state index < -0.39 is 17.7 Å². The number of nitrogens with zero attached hydrogens (tertiary/aromatic N) is 6. The number of rotatable bonds is 5. The fourth-order valence-corrected chi connectivity index (χ4v) is 4.65. The van der Waals surface area contributed by atoms with Gasteiger partial charge in [-0.25, -0.2) is 13.9 Å². The number of amides is 2. The van der Waals surface area contributed by atoms with Crippen LogP contribution in [0.1, 0.15) is 39.3 Å². The lowest BCUT2D eigenvalue weighted by atomic mass is 10.1. The van der Waals surface area contributed by atoms with E-state index in [1.807, 2.05) is 25.7 Å². The Labute approximate surface area is 226 Å². The SMILES string of the molecule is COC(=S)NCc1cn(-c2ccc(N3CCN(C(=O)[C@H]4CCCN4C(=O)OC(C)(C)C)CC3)c(F)c2)nn1. The van der Waals surface area contributed by atoms with Crippen LogP contribution in [0.2, 0.25) is 0 Å². The molecular weight excluding hydrogens is 513 g/mol. The van der Waals surface area contributed by atoms with E-state index >= 15 is 4.39 Å². The number of anilines is 1. The third-order valence-corrected chi connectivity index (χ3v) is 6.74. The molecule has 38 heavy (non-hydrogen) atoms. The zero-order valence-electron chi connectivity index (χ0n) is 22.1. The van der Waals surface area contributed by atoms with Gasteiger partial charge in [-0.2, -0.15) is 0 Å². The van der Waals surface area contributed by atoms with Gasteiger partial charge < -0.3 is 24.6 Å². The van der Waals surface area contributed by atoms with Crippen molar-refractivity contribution < 1.29 is 23.5 Å². The third-order valence-electron chi connectivity index (χ3n) is 6.43. The number of ether oxygens (including phenoxy) is 2. The Bertz CT molecular complexity index is 1180. The minimum absolute atomic E-state index is 0.0773. The fourth-order valence-electron chi connectivity index (χ4n) is 4.58. The van der Waals surface area contributed by atoms with E-state index in [1.165, 1.54) is 22.8 Å². The van der Waals surface area contributed by atoms with Gasteiger partial charge in [0.1, 0.15) is 23.2 Å². The number of aromatic nitrogens is 3. The van der Waals surface area contributed by atoms with E-state index in [4.69, 9.17) is 21.7 Å². The van der Waals surface area contributed by atoms with Crippen LogP contribution in [0, 0.1) is 5.82 Å². The second-order valence-corrected chi connectivity index (χ2v) is 10.7. The van der Waals surface area contributed by atoms with Crippen LogP contribution in [0.5, 0.6) is 0 Å². The largest absolute Gasteiger partial charge is 0.474 e. The summed E-state index contributed by atoms with van der Waals surface area (Å²) in [6, 6.07) is 4.39. The first-order valence-corrected chi connectivity index (χ1v) is 13.0. The maximum absolute atomic E-state index is 15.1. The molecule has 0 unspecified atom stereocenters. The Morgan fingerprint density at radius 2 is 1.92 bits per heavy atom. The molecule has 0 bridgehead atoms. The Morgan fingerprint density at radius 1 is 1.18 bits per heavy atom. The first-order chi connectivity index (χ1) is 18.1. The number of carbonyl (C=O) groups excluding carboxylic acids is 2. The molecule has 3 heterocycles. The molecule has 2 fully saturated rings. The molecule has 2 amide bonds. The summed E-state index contributed by atoms with van der Waals surface area (Å²) < 4.78 is 27.0. The van der Waals surface area contributed by atoms with Crippen molar-refractivity contribution in [3.8, 4) is 5.69 Å². The van der Waals surface area contributed by atoms with E-state index in [1.54, 1.807) is 23.2 Å². The van der Waals surface area contributed by atoms with Gasteiger partial charge in [0.15, 0.2) is 0 Å². The predicted octanol–water partition coefficient (Wildman–Crippen LogP) is 2.48. The van der Waals surface area contributed by atoms with Crippen LogP contribution in [0.3, 0.4) is 0 Å². The molecule has 2 aliphatic rings. The molecule has 0 aliphatic carbocycles. The number of carbonyl (C=O) groups is 2. The third kappa shape index (κ3) is 6.50. The number of hydrogen-bond acceptors (Lipinski definition) is 8. The summed E-state index contributed by atoms with van der Waals surface area (Å²) in [5.74, 6) is -0.462. The average molecular weight is 548 g/mol. The van der Waals surface area contributed by atoms with Crippen LogP contribution in [0.4, 0.5) is 14.9 Å². The van der Waals surface area contributed by atoms with E-state index in [0.717, 1.165) is 6.42 Å². The van der Waals surface area contributed by atoms with Crippen LogP contribution in [0.25, 0.3) is 5.69 Å². The molecule has 1 aromatic heterocycles. The number of hydrogen-bond donors (Lipinski definition) is 1. The number of halogens is 1. The van der Waals surface area contributed by atoms with Crippen molar-refractivity contribution in [3.63, 3.8) is 0 Å². The molecule has 11 nitrogen and oxygen atoms in total. The number of likely N-dealkylation sites (tertiary alicyclic amines) is 1. The normalized spacial score (nSPS) is 17.9. The number of piperazine rings is 1. The van der Waals surface area contributed by atoms with Gasteiger partial charge in [0.25, 0.3) is 5.17 Å². The number of methoxy groups -OCH3 is 1. The summed E-state index contributed by atoms with van der Waals surface area (Å²) >= 11 is 4.94. The van der Waals surface area contributed by atoms with Crippen LogP contribution in [0.15, 0.2) is 24.4 Å². The van der Waals surface area contributed by atoms with Gasteiger partial charge in [-0.1, -0.05) is 5.21 Å². The zero-order valence-corrected chi connectivity index (χ0v) is 23.0. The Balaban J connectivity index is 1.34. The lowest BCUT2D eigenvalue weighted by Gasteiger charge is -2.38. The van der Waals surface area contributed by atoms with E-state index in [2.05, 4.69) is 15.6 Å². The lowest BCUT2D eigenvalue weighted by molar-refractivity contribution is -0.136. The Kier molecular flexibility index (Phi) is 8.34. The molecule has 206 valence electrons. The molecule has 1 N–H and O–H groups in total. The highest BCUT2D eigenvalue weighted by Gasteiger charge is 2.39. The van der Waals surface area contributed by atoms with Crippen molar-refractivity contribution in [1.82, 2.24) is 30.1 Å². The van der Waals surface area contributed by atoms with Crippen molar-refractivity contribution in [1.29, 1.82) is 0 Å². The summed E-state index contributed by atoms with van der Waals surface area (Å²) in [6.07, 6.45) is 2.61. The van der Waals surface area contributed by atoms with Gasteiger partial charge >= 0.3 is 6.09 Å². The summed E-state index contributed by atoms with van der Waals surface area (Å²) in [4.78, 5) is 31.1. The summed E-state index contributed by atoms with van der Waals surface area (Å²) in [5.41, 5.74) is 1.01. The highest BCUT2D eigenvalue weighted by Crippen LogP contribution is 2.26. The molecule has 0 radical (unpaired) electrons. The average Bonchev–Trinajstić information content (AvgIpc) is 3.56. The highest BCUT2D eigenvalue weighted by atomic mass is 32.1. The summed E-state index contributed by atoms with van der Waals surface area (Å²) in [7, 11) is 1.48. The molecule has 2 aromatic rings. The van der Waals surface area contributed by atoms with Gasteiger partial charge in [0, 0.05) is 38.8 Å². The molecule has 4 rings (SSSR count). The number of benzene rings is 1. The zero-order chi connectivity index (χ0) is 27.4. The van der Waals surface area contributed by atoms with Crippen LogP contribution < -0.4 is 10.2 Å². The lowest BCUT2D eigenvalue weighted by Crippen LogP contribution is -2.55. The van der Waals surface area contributed by atoms with Crippen molar-refractivity contribution in [2.45, 2.75) is 51.8 Å². The standard InChI is InChI=1S/C25H34FN7O4S/c1-25(2,3)37-24(35)32-9-5-6-21(32)22(34)31-12-10-30(11-13-31)20-8-7-18(14-19(20)26)33-16-17(28-29-33)15-27-23(38)36-4/h7-8,14,16,21H,5-6,9-13,15H2,1-4H3,(H,27,38)/t21-/m1/s1. The van der Waals surface area contributed by atoms with E-state index in [0.29, 0.717) is 62.8 Å². The van der Waals surface area contributed by atoms with E-state index in [-0.39, 0.29) is 16.9 Å². The van der Waals surface area contributed by atoms with Gasteiger partial charge in [-0.05, 0) is 58.0 Å². The minimum Gasteiger partial charge on any atom is -0.474 e. The van der Waals surface area contributed by atoms with Gasteiger partial charge in [-0.15, -0.1) is 5.10 Å². The molecule has 13 heteroatoms. The topological polar surface area (TPSA) is 105 Å². The molecule has 0 saturated carbocycles. The van der Waals surface area contributed by atoms with Crippen LogP contribution in [-0.4, -0.2) is 93.4 Å². The maximum Gasteiger partial charge on any atom is 0.410 e. The number of nitrogens with one attached hydrogen (secondary N) is 1. The predicted molar refractivity (Wildman–Crippen MR) is 143 cm³/mol. The Morgan fingerprint density at radius 3 is 2.58 bits per heavy atom. The summed E-state index contributed by atoms with van der Waals surface area (Å²) in [5, 5.41) is 11.3. The van der Waals surface area contributed by atoms with Crippen LogP contribution in [-0.2, 0) is 20.8 Å². The second-order valence-electron chi connectivity index (χ2n) is 10.3. The molecule has 1 aromatic carbocycles. The molecule has 2 aliphatic heterocycles. The monoisotopic (exact) mass is 547 g/mol. The van der Waals surface area contributed by atoms with Crippen molar-refractivity contribution in [3.05, 3.63) is 35.9 Å². The first-order valence-electron chi connectivity index (χ1n) is 12.6. The van der Waals surface area contributed by atoms with Gasteiger partial charge in [0.2, 0.25) is 5.91 Å². The van der Waals surface area contributed by atoms with Gasteiger partial charge in [0.05, 0.1) is 31.2 Å². The smallest absolute Gasteiger partial charge is 0.410 e. The molecule has 0 spiro atoms. The molecule has 2 saturated heterocycles. The molecular formula is C25H34FN7O4S. The van der Waals surface area contributed by atoms with Crippen molar-refractivity contribution in [2.24, 2.45) is 0 Å². The van der Waals surface area contributed by atoms with E-state index in [9.17, 15) is 9.59 Å². The maximum atomic E-state index is 15.1. The van der Waals surface area contributed by atoms with Crippen molar-refractivity contribution in [2.75, 3.05) is 44.7 Å². The fraction of sp³-hybridized carbons (Fsp3) is 0.560.